The molecule has 150 valence electrons. The van der Waals surface area contributed by atoms with Crippen LogP contribution >= 0.6 is 0 Å². The van der Waals surface area contributed by atoms with Crippen LogP contribution in [0.2, 0.25) is 0 Å². The van der Waals surface area contributed by atoms with Crippen LogP contribution in [0.5, 0.6) is 11.5 Å². The number of para-hydroxylation sites is 1. The number of fused-ring (bicyclic) bond motifs is 1. The van der Waals surface area contributed by atoms with Gasteiger partial charge in [0, 0.05) is 28.2 Å². The molecule has 0 radical (unpaired) electrons. The van der Waals surface area contributed by atoms with Gasteiger partial charge in [0.2, 0.25) is 0 Å². The summed E-state index contributed by atoms with van der Waals surface area (Å²) >= 11 is 0. The Morgan fingerprint density at radius 3 is 2.55 bits per heavy atom. The number of carbonyl (C=O) groups excluding carboxylic acids is 1. The predicted molar refractivity (Wildman–Crippen MR) is 116 cm³/mol. The summed E-state index contributed by atoms with van der Waals surface area (Å²) in [6.45, 7) is 3.18. The molecule has 5 heteroatoms. The van der Waals surface area contributed by atoms with E-state index in [1.54, 1.807) is 38.5 Å². The average molecular weight is 390 g/mol. The molecule has 1 aromatic heterocycles. The number of hydrogen-bond donors (Lipinski definition) is 0. The third-order valence-electron chi connectivity index (χ3n) is 5.45. The molecule has 0 unspecified atom stereocenters. The minimum absolute atomic E-state index is 0.0673. The molecule has 29 heavy (non-hydrogen) atoms. The van der Waals surface area contributed by atoms with Crippen molar-refractivity contribution in [2.24, 2.45) is 0 Å². The summed E-state index contributed by atoms with van der Waals surface area (Å²) in [7, 11) is 3.15. The van der Waals surface area contributed by atoms with Crippen molar-refractivity contribution in [3.8, 4) is 11.5 Å². The van der Waals surface area contributed by atoms with Gasteiger partial charge in [0.05, 0.1) is 20.9 Å². The fraction of sp³-hybridized carbons (Fsp3) is 0.292. The summed E-state index contributed by atoms with van der Waals surface area (Å²) in [5.41, 5.74) is 2.81. The molecule has 1 aliphatic rings. The standard InChI is InChI=1S/C24H26N2O3/c1-28-23-12-10-18(15-24(23)29-2)22(27)11-9-19-16-26(17-25-13-5-6-14-25)21-8-4-3-7-20(19)21/h3-4,7-12,15-16H,5-6,13-14,17H2,1-2H3. The fourth-order valence-electron chi connectivity index (χ4n) is 3.92. The zero-order valence-corrected chi connectivity index (χ0v) is 16.9. The van der Waals surface area contributed by atoms with Crippen LogP contribution in [-0.4, -0.2) is 42.6 Å². The van der Waals surface area contributed by atoms with Crippen LogP contribution in [0.15, 0.2) is 54.7 Å². The lowest BCUT2D eigenvalue weighted by atomic mass is 10.1. The van der Waals surface area contributed by atoms with Crippen molar-refractivity contribution in [2.45, 2.75) is 19.5 Å². The maximum atomic E-state index is 12.7. The maximum Gasteiger partial charge on any atom is 0.185 e. The highest BCUT2D eigenvalue weighted by Crippen LogP contribution is 2.28. The monoisotopic (exact) mass is 390 g/mol. The number of benzene rings is 2. The predicted octanol–water partition coefficient (Wildman–Crippen LogP) is 4.61. The first-order valence-electron chi connectivity index (χ1n) is 9.94. The number of methoxy groups -OCH3 is 2. The highest BCUT2D eigenvalue weighted by atomic mass is 16.5. The number of ether oxygens (including phenoxy) is 2. The van der Waals surface area contributed by atoms with Crippen molar-refractivity contribution in [2.75, 3.05) is 27.3 Å². The topological polar surface area (TPSA) is 43.7 Å². The molecule has 1 saturated heterocycles. The van der Waals surface area contributed by atoms with E-state index >= 15 is 0 Å². The van der Waals surface area contributed by atoms with Gasteiger partial charge in [-0.15, -0.1) is 0 Å². The Kier molecular flexibility index (Phi) is 5.67. The first-order chi connectivity index (χ1) is 14.2. The zero-order chi connectivity index (χ0) is 20.2. The molecule has 3 aromatic rings. The van der Waals surface area contributed by atoms with Crippen molar-refractivity contribution in [3.63, 3.8) is 0 Å². The van der Waals surface area contributed by atoms with E-state index in [1.165, 1.54) is 18.4 Å². The number of hydrogen-bond acceptors (Lipinski definition) is 4. The number of likely N-dealkylation sites (tertiary alicyclic amines) is 1. The molecule has 2 aromatic carbocycles. The zero-order valence-electron chi connectivity index (χ0n) is 16.9. The SMILES string of the molecule is COc1ccc(C(=O)C=Cc2cn(CN3CCCC3)c3ccccc23)cc1OC. The first-order valence-corrected chi connectivity index (χ1v) is 9.94. The van der Waals surface area contributed by atoms with Crippen molar-refractivity contribution in [3.05, 3.63) is 65.9 Å². The Bertz CT molecular complexity index is 1050. The molecule has 0 atom stereocenters. The van der Waals surface area contributed by atoms with E-state index in [4.69, 9.17) is 9.47 Å². The third kappa shape index (κ3) is 4.05. The Hall–Kier alpha value is -3.05. The molecule has 0 spiro atoms. The van der Waals surface area contributed by atoms with Gasteiger partial charge in [0.1, 0.15) is 0 Å². The van der Waals surface area contributed by atoms with E-state index in [0.717, 1.165) is 30.7 Å². The summed E-state index contributed by atoms with van der Waals surface area (Å²) < 4.78 is 12.8. The lowest BCUT2D eigenvalue weighted by molar-refractivity contribution is 0.104. The van der Waals surface area contributed by atoms with Gasteiger partial charge in [-0.25, -0.2) is 0 Å². The van der Waals surface area contributed by atoms with E-state index in [-0.39, 0.29) is 5.78 Å². The van der Waals surface area contributed by atoms with Crippen molar-refractivity contribution in [1.82, 2.24) is 9.47 Å². The molecule has 4 rings (SSSR count). The van der Waals surface area contributed by atoms with Crippen LogP contribution in [0.4, 0.5) is 0 Å². The van der Waals surface area contributed by atoms with Gasteiger partial charge >= 0.3 is 0 Å². The molecule has 0 saturated carbocycles. The lowest BCUT2D eigenvalue weighted by Gasteiger charge is -2.16. The molecule has 5 nitrogen and oxygen atoms in total. The number of aromatic nitrogens is 1. The second-order valence-corrected chi connectivity index (χ2v) is 7.31. The lowest BCUT2D eigenvalue weighted by Crippen LogP contribution is -2.22. The van der Waals surface area contributed by atoms with Gasteiger partial charge in [-0.3, -0.25) is 9.69 Å². The van der Waals surface area contributed by atoms with Crippen LogP contribution in [0, 0.1) is 0 Å². The molecule has 0 aliphatic carbocycles. The first kappa shape index (κ1) is 19.3. The summed E-state index contributed by atoms with van der Waals surface area (Å²) in [4.78, 5) is 15.2. The second kappa shape index (κ2) is 8.53. The fourth-order valence-corrected chi connectivity index (χ4v) is 3.92. The molecule has 0 N–H and O–H groups in total. The smallest absolute Gasteiger partial charge is 0.185 e. The van der Waals surface area contributed by atoms with E-state index in [0.29, 0.717) is 17.1 Å². The van der Waals surface area contributed by atoms with Crippen molar-refractivity contribution < 1.29 is 14.3 Å². The van der Waals surface area contributed by atoms with E-state index in [2.05, 4.69) is 33.9 Å². The van der Waals surface area contributed by atoms with E-state index in [1.807, 2.05) is 12.1 Å². The Balaban J connectivity index is 1.60. The van der Waals surface area contributed by atoms with Gasteiger partial charge in [-0.05, 0) is 62.3 Å². The normalized spacial score (nSPS) is 14.7. The Morgan fingerprint density at radius 2 is 1.79 bits per heavy atom. The molecular formula is C24H26N2O3. The van der Waals surface area contributed by atoms with Gasteiger partial charge < -0.3 is 14.0 Å². The highest BCUT2D eigenvalue weighted by Gasteiger charge is 2.14. The number of ketones is 1. The van der Waals surface area contributed by atoms with E-state index < -0.39 is 0 Å². The number of allylic oxidation sites excluding steroid dienone is 1. The molecule has 1 fully saturated rings. The number of carbonyl (C=O) groups is 1. The van der Waals surface area contributed by atoms with Gasteiger partial charge in [0.15, 0.2) is 17.3 Å². The minimum atomic E-state index is -0.0673. The van der Waals surface area contributed by atoms with Crippen molar-refractivity contribution >= 4 is 22.8 Å². The Labute approximate surface area is 171 Å². The molecule has 0 bridgehead atoms. The summed E-state index contributed by atoms with van der Waals surface area (Å²) in [5.74, 6) is 1.09. The van der Waals surface area contributed by atoms with Crippen LogP contribution in [0.25, 0.3) is 17.0 Å². The van der Waals surface area contributed by atoms with Crippen LogP contribution < -0.4 is 9.47 Å². The van der Waals surface area contributed by atoms with Gasteiger partial charge in [-0.2, -0.15) is 0 Å². The summed E-state index contributed by atoms with van der Waals surface area (Å²) in [6, 6.07) is 13.6. The average Bonchev–Trinajstić information content (AvgIpc) is 3.40. The summed E-state index contributed by atoms with van der Waals surface area (Å²) in [6.07, 6.45) is 8.21. The third-order valence-corrected chi connectivity index (χ3v) is 5.45. The second-order valence-electron chi connectivity index (χ2n) is 7.31. The molecule has 2 heterocycles. The summed E-state index contributed by atoms with van der Waals surface area (Å²) in [5, 5.41) is 1.16. The van der Waals surface area contributed by atoms with Crippen LogP contribution in [0.1, 0.15) is 28.8 Å². The largest absolute Gasteiger partial charge is 0.493 e. The molecule has 1 aliphatic heterocycles. The molecule has 0 amide bonds. The van der Waals surface area contributed by atoms with Crippen LogP contribution in [-0.2, 0) is 6.67 Å². The Morgan fingerprint density at radius 1 is 1.03 bits per heavy atom. The number of rotatable bonds is 7. The quantitative estimate of drug-likeness (QED) is 0.437. The molecular weight excluding hydrogens is 364 g/mol. The van der Waals surface area contributed by atoms with Crippen molar-refractivity contribution in [1.29, 1.82) is 0 Å². The van der Waals surface area contributed by atoms with Crippen LogP contribution in [0.3, 0.4) is 0 Å². The number of nitrogens with zero attached hydrogens (tertiary/aromatic N) is 2. The van der Waals surface area contributed by atoms with E-state index in [9.17, 15) is 4.79 Å². The highest BCUT2D eigenvalue weighted by molar-refractivity contribution is 6.08. The van der Waals surface area contributed by atoms with Gasteiger partial charge in [0.25, 0.3) is 0 Å². The minimum Gasteiger partial charge on any atom is -0.493 e. The maximum absolute atomic E-state index is 12.7. The van der Waals surface area contributed by atoms with Gasteiger partial charge in [-0.1, -0.05) is 18.2 Å².